The number of aliphatic imine (C=N–C) groups is 1. The normalized spacial score (nSPS) is 20.0. The Labute approximate surface area is 46.5 Å². The highest BCUT2D eigenvalue weighted by atomic mass is 32.2. The molecule has 0 radical (unpaired) electrons. The molecule has 0 aliphatic carbocycles. The minimum Gasteiger partial charge on any atom is -0.378 e. The topological polar surface area (TPSA) is 38.4 Å². The van der Waals surface area contributed by atoms with E-state index in [2.05, 4.69) is 11.6 Å². The van der Waals surface area contributed by atoms with Gasteiger partial charge in [-0.15, -0.1) is 0 Å². The summed E-state index contributed by atoms with van der Waals surface area (Å²) in [5.41, 5.74) is 6.15. The molecule has 0 aromatic rings. The van der Waals surface area contributed by atoms with Crippen molar-refractivity contribution in [3.63, 3.8) is 0 Å². The molecule has 0 aromatic carbocycles. The van der Waals surface area contributed by atoms with E-state index in [1.807, 2.05) is 0 Å². The summed E-state index contributed by atoms with van der Waals surface area (Å²) < 4.78 is 0. The molecule has 7 heavy (non-hydrogen) atoms. The lowest BCUT2D eigenvalue weighted by atomic mass is 10.6. The van der Waals surface area contributed by atoms with Crippen LogP contribution in [0.25, 0.3) is 0 Å². The van der Waals surface area contributed by atoms with Crippen molar-refractivity contribution >= 4 is 16.9 Å². The van der Waals surface area contributed by atoms with Crippen molar-refractivity contribution in [3.05, 3.63) is 12.3 Å². The van der Waals surface area contributed by atoms with Gasteiger partial charge >= 0.3 is 0 Å². The Morgan fingerprint density at radius 3 is 2.71 bits per heavy atom. The van der Waals surface area contributed by atoms with E-state index in [0.29, 0.717) is 5.17 Å². The maximum atomic E-state index is 5.28. The summed E-state index contributed by atoms with van der Waals surface area (Å²) in [5.74, 6) is 0.867. The zero-order valence-electron chi connectivity index (χ0n) is 3.85. The van der Waals surface area contributed by atoms with Crippen LogP contribution in [0.4, 0.5) is 0 Å². The third-order valence-corrected chi connectivity index (χ3v) is 1.52. The van der Waals surface area contributed by atoms with E-state index in [1.54, 1.807) is 0 Å². The first-order valence-corrected chi connectivity index (χ1v) is 2.92. The average Bonchev–Trinajstić information content (AvgIpc) is 1.87. The van der Waals surface area contributed by atoms with Crippen LogP contribution in [-0.4, -0.2) is 10.9 Å². The van der Waals surface area contributed by atoms with Crippen molar-refractivity contribution in [2.75, 3.05) is 5.75 Å². The maximum Gasteiger partial charge on any atom is 0.159 e. The molecule has 0 saturated heterocycles. The Morgan fingerprint density at radius 1 is 1.86 bits per heavy atom. The van der Waals surface area contributed by atoms with E-state index in [-0.39, 0.29) is 0 Å². The molecule has 1 heterocycles. The standard InChI is InChI=1S/C4H6N2S/c1-3-2-7-4(5)6-3/h1-2H2,(H2,5,6). The summed E-state index contributed by atoms with van der Waals surface area (Å²) in [6.45, 7) is 3.62. The predicted octanol–water partition coefficient (Wildman–Crippen LogP) is 0.562. The minimum absolute atomic E-state index is 0.644. The van der Waals surface area contributed by atoms with Crippen molar-refractivity contribution in [1.29, 1.82) is 0 Å². The molecule has 2 nitrogen and oxygen atoms in total. The van der Waals surface area contributed by atoms with E-state index in [1.165, 1.54) is 11.8 Å². The van der Waals surface area contributed by atoms with E-state index >= 15 is 0 Å². The SMILES string of the molecule is C=C1CSC(N)=N1. The molecule has 0 atom stereocenters. The molecule has 0 saturated carbocycles. The van der Waals surface area contributed by atoms with Crippen molar-refractivity contribution < 1.29 is 0 Å². The molecular formula is C4H6N2S. The van der Waals surface area contributed by atoms with Gasteiger partial charge in [-0.25, -0.2) is 4.99 Å². The monoisotopic (exact) mass is 114 g/mol. The molecule has 0 unspecified atom stereocenters. The summed E-state index contributed by atoms with van der Waals surface area (Å²) in [5, 5.41) is 0.644. The molecule has 1 aliphatic heterocycles. The van der Waals surface area contributed by atoms with Gasteiger partial charge in [0, 0.05) is 11.4 Å². The molecule has 0 bridgehead atoms. The Kier molecular flexibility index (Phi) is 1.06. The summed E-state index contributed by atoms with van der Waals surface area (Å²) in [6, 6.07) is 0. The van der Waals surface area contributed by atoms with Crippen molar-refractivity contribution in [1.82, 2.24) is 0 Å². The van der Waals surface area contributed by atoms with Gasteiger partial charge in [-0.1, -0.05) is 18.3 Å². The van der Waals surface area contributed by atoms with Crippen molar-refractivity contribution in [2.24, 2.45) is 10.7 Å². The fraction of sp³-hybridized carbons (Fsp3) is 0.250. The molecule has 3 heteroatoms. The Morgan fingerprint density at radius 2 is 2.57 bits per heavy atom. The number of hydrogen-bond acceptors (Lipinski definition) is 3. The van der Waals surface area contributed by atoms with Gasteiger partial charge in [-0.2, -0.15) is 0 Å². The molecule has 0 aromatic heterocycles. The quantitative estimate of drug-likeness (QED) is 0.499. The van der Waals surface area contributed by atoms with Crippen LogP contribution in [0.3, 0.4) is 0 Å². The Hall–Kier alpha value is -0.440. The molecular weight excluding hydrogens is 108 g/mol. The minimum atomic E-state index is 0.644. The van der Waals surface area contributed by atoms with E-state index in [0.717, 1.165) is 11.4 Å². The van der Waals surface area contributed by atoms with Crippen LogP contribution in [-0.2, 0) is 0 Å². The van der Waals surface area contributed by atoms with E-state index < -0.39 is 0 Å². The highest BCUT2D eigenvalue weighted by Crippen LogP contribution is 2.15. The van der Waals surface area contributed by atoms with Gasteiger partial charge < -0.3 is 5.73 Å². The zero-order valence-corrected chi connectivity index (χ0v) is 4.66. The van der Waals surface area contributed by atoms with Crippen LogP contribution in [0.15, 0.2) is 17.3 Å². The van der Waals surface area contributed by atoms with Gasteiger partial charge in [-0.3, -0.25) is 0 Å². The summed E-state index contributed by atoms with van der Waals surface area (Å²) in [6.07, 6.45) is 0. The van der Waals surface area contributed by atoms with E-state index in [9.17, 15) is 0 Å². The number of rotatable bonds is 0. The molecule has 2 N–H and O–H groups in total. The third-order valence-electron chi connectivity index (χ3n) is 0.655. The number of hydrogen-bond donors (Lipinski definition) is 1. The van der Waals surface area contributed by atoms with Gasteiger partial charge in [0.1, 0.15) is 0 Å². The van der Waals surface area contributed by atoms with Crippen LogP contribution < -0.4 is 5.73 Å². The highest BCUT2D eigenvalue weighted by Gasteiger charge is 2.03. The number of thioether (sulfide) groups is 1. The summed E-state index contributed by atoms with van der Waals surface area (Å²) >= 11 is 1.53. The van der Waals surface area contributed by atoms with Crippen molar-refractivity contribution in [3.8, 4) is 0 Å². The molecule has 38 valence electrons. The van der Waals surface area contributed by atoms with E-state index in [4.69, 9.17) is 5.73 Å². The number of amidine groups is 1. The van der Waals surface area contributed by atoms with Crippen LogP contribution >= 0.6 is 11.8 Å². The first kappa shape index (κ1) is 4.71. The number of nitrogens with two attached hydrogens (primary N) is 1. The van der Waals surface area contributed by atoms with Gasteiger partial charge in [-0.05, 0) is 0 Å². The van der Waals surface area contributed by atoms with Crippen LogP contribution in [0.2, 0.25) is 0 Å². The fourth-order valence-corrected chi connectivity index (χ4v) is 0.950. The van der Waals surface area contributed by atoms with Crippen LogP contribution in [0.5, 0.6) is 0 Å². The molecule has 0 fully saturated rings. The lowest BCUT2D eigenvalue weighted by molar-refractivity contribution is 1.37. The second kappa shape index (κ2) is 1.58. The maximum absolute atomic E-state index is 5.28. The van der Waals surface area contributed by atoms with Gasteiger partial charge in [0.25, 0.3) is 0 Å². The summed E-state index contributed by atoms with van der Waals surface area (Å²) in [4.78, 5) is 3.85. The summed E-state index contributed by atoms with van der Waals surface area (Å²) in [7, 11) is 0. The molecule has 1 rings (SSSR count). The predicted molar refractivity (Wildman–Crippen MR) is 33.2 cm³/mol. The Bertz CT molecular complexity index is 128. The smallest absolute Gasteiger partial charge is 0.159 e. The fourth-order valence-electron chi connectivity index (χ4n) is 0.378. The lowest BCUT2D eigenvalue weighted by Crippen LogP contribution is -2.00. The Balaban J connectivity index is 2.67. The second-order valence-electron chi connectivity index (χ2n) is 1.30. The van der Waals surface area contributed by atoms with Crippen molar-refractivity contribution in [2.45, 2.75) is 0 Å². The largest absolute Gasteiger partial charge is 0.378 e. The third kappa shape index (κ3) is 0.962. The first-order valence-electron chi connectivity index (χ1n) is 1.94. The highest BCUT2D eigenvalue weighted by molar-refractivity contribution is 8.14. The average molecular weight is 114 g/mol. The molecule has 1 aliphatic rings. The van der Waals surface area contributed by atoms with Gasteiger partial charge in [0.2, 0.25) is 0 Å². The van der Waals surface area contributed by atoms with Gasteiger partial charge in [0.05, 0.1) is 0 Å². The van der Waals surface area contributed by atoms with Gasteiger partial charge in [0.15, 0.2) is 5.17 Å². The molecule has 0 amide bonds. The molecule has 0 spiro atoms. The van der Waals surface area contributed by atoms with Crippen LogP contribution in [0.1, 0.15) is 0 Å². The first-order chi connectivity index (χ1) is 3.29. The number of nitrogens with zero attached hydrogens (tertiary/aromatic N) is 1. The van der Waals surface area contributed by atoms with Crippen LogP contribution in [0, 0.1) is 0 Å². The second-order valence-corrected chi connectivity index (χ2v) is 2.30. The lowest BCUT2D eigenvalue weighted by Gasteiger charge is -1.77. The zero-order chi connectivity index (χ0) is 5.28.